The third kappa shape index (κ3) is 17.9. The normalized spacial score (nSPS) is 11.9. The fraction of sp³-hybridized carbons (Fsp3) is 0.833. The second-order valence-corrected chi connectivity index (χ2v) is 8.27. The zero-order valence-electron chi connectivity index (χ0n) is 17.5. The Labute approximate surface area is 195 Å². The molecule has 0 aliphatic carbocycles. The Morgan fingerprint density at radius 2 is 1.52 bits per heavy atom. The molecule has 2 N–H and O–H groups in total. The second-order valence-electron chi connectivity index (χ2n) is 6.68. The molecule has 11 heteroatoms. The van der Waals surface area contributed by atoms with Crippen molar-refractivity contribution in [2.24, 2.45) is 0 Å². The van der Waals surface area contributed by atoms with Crippen molar-refractivity contribution in [3.8, 4) is 0 Å². The van der Waals surface area contributed by atoms with Crippen LogP contribution in [0.2, 0.25) is 0 Å². The number of nitrogens with one attached hydrogen (secondary N) is 1. The largest absolute Gasteiger partial charge is 1.00 e. The SMILES string of the molecule is CCCCCCCCCCCC(=O)NCCOC(=O)C(CC(=O)[O-])S(=O)(=O)O.[Na+]. The average Bonchev–Trinajstić information content (AvgIpc) is 2.60. The van der Waals surface area contributed by atoms with Gasteiger partial charge in [0.05, 0.1) is 6.54 Å². The molecule has 0 radical (unpaired) electrons. The average molecular weight is 446 g/mol. The summed E-state index contributed by atoms with van der Waals surface area (Å²) in [5.41, 5.74) is 0. The third-order valence-electron chi connectivity index (χ3n) is 4.15. The summed E-state index contributed by atoms with van der Waals surface area (Å²) in [6.45, 7) is 1.81. The minimum Gasteiger partial charge on any atom is -0.550 e. The van der Waals surface area contributed by atoms with Crippen molar-refractivity contribution in [1.29, 1.82) is 0 Å². The van der Waals surface area contributed by atoms with Crippen molar-refractivity contribution in [3.63, 3.8) is 0 Å². The van der Waals surface area contributed by atoms with Gasteiger partial charge in [-0.05, 0) is 6.42 Å². The van der Waals surface area contributed by atoms with Gasteiger partial charge in [0.1, 0.15) is 6.61 Å². The van der Waals surface area contributed by atoms with E-state index in [1.807, 2.05) is 0 Å². The van der Waals surface area contributed by atoms with Crippen LogP contribution in [0.15, 0.2) is 0 Å². The molecule has 0 aliphatic heterocycles. The fourth-order valence-electron chi connectivity index (χ4n) is 2.58. The zero-order valence-corrected chi connectivity index (χ0v) is 20.3. The number of unbranched alkanes of at least 4 members (excludes halogenated alkanes) is 8. The van der Waals surface area contributed by atoms with E-state index in [2.05, 4.69) is 17.0 Å². The van der Waals surface area contributed by atoms with Crippen LogP contribution in [0.3, 0.4) is 0 Å². The summed E-state index contributed by atoms with van der Waals surface area (Å²) in [5.74, 6) is -3.42. The molecule has 0 saturated carbocycles. The van der Waals surface area contributed by atoms with Crippen molar-refractivity contribution >= 4 is 28.0 Å². The van der Waals surface area contributed by atoms with E-state index in [1.165, 1.54) is 38.5 Å². The first kappa shape index (κ1) is 30.5. The molecule has 0 spiro atoms. The van der Waals surface area contributed by atoms with Gasteiger partial charge in [-0.3, -0.25) is 14.1 Å². The molecule has 1 amide bonds. The molecule has 1 atom stereocenters. The quantitative estimate of drug-likeness (QED) is 0.113. The van der Waals surface area contributed by atoms with Crippen LogP contribution in [0.25, 0.3) is 0 Å². The summed E-state index contributed by atoms with van der Waals surface area (Å²) in [6.07, 6.45) is 9.40. The summed E-state index contributed by atoms with van der Waals surface area (Å²) in [4.78, 5) is 33.7. The van der Waals surface area contributed by atoms with Gasteiger partial charge in [-0.15, -0.1) is 0 Å². The van der Waals surface area contributed by atoms with Crippen LogP contribution in [0.5, 0.6) is 0 Å². The molecular weight excluding hydrogens is 413 g/mol. The van der Waals surface area contributed by atoms with Gasteiger partial charge in [-0.2, -0.15) is 8.42 Å². The number of rotatable bonds is 17. The number of amides is 1. The number of carboxylic acids is 1. The molecular formula is C18H32NNaO8S. The maximum Gasteiger partial charge on any atom is 1.00 e. The van der Waals surface area contributed by atoms with E-state index in [0.717, 1.165) is 19.3 Å². The molecule has 0 saturated heterocycles. The second kappa shape index (κ2) is 18.1. The standard InChI is InChI=1S/C18H33NO8S.Na/c1-2-3-4-5-6-7-8-9-10-11-16(20)19-12-13-27-18(23)15(14-17(21)22)28(24,25)26;/h15H,2-14H2,1H3,(H,19,20)(H,21,22)(H,24,25,26);/q;+1/p-1. The van der Waals surface area contributed by atoms with Gasteiger partial charge in [0.25, 0.3) is 10.1 Å². The van der Waals surface area contributed by atoms with Crippen LogP contribution in [0.1, 0.15) is 77.6 Å². The Balaban J connectivity index is 0. The molecule has 0 aliphatic rings. The minimum absolute atomic E-state index is 0. The Bertz CT molecular complexity index is 582. The number of ether oxygens (including phenoxy) is 1. The van der Waals surface area contributed by atoms with Crippen molar-refractivity contribution in [1.82, 2.24) is 5.32 Å². The van der Waals surface area contributed by atoms with Crippen LogP contribution in [0.4, 0.5) is 0 Å². The maximum absolute atomic E-state index is 11.7. The topological polar surface area (TPSA) is 150 Å². The molecule has 0 bridgehead atoms. The molecule has 164 valence electrons. The van der Waals surface area contributed by atoms with Crippen LogP contribution in [0, 0.1) is 0 Å². The Kier molecular flexibility index (Phi) is 19.1. The van der Waals surface area contributed by atoms with Crippen molar-refractivity contribution < 1.29 is 66.8 Å². The number of esters is 1. The number of hydrogen-bond acceptors (Lipinski definition) is 7. The first-order valence-electron chi connectivity index (χ1n) is 9.78. The van der Waals surface area contributed by atoms with Gasteiger partial charge in [0.2, 0.25) is 5.91 Å². The minimum atomic E-state index is -4.92. The zero-order chi connectivity index (χ0) is 21.4. The fourth-order valence-corrected chi connectivity index (χ4v) is 3.24. The molecule has 0 aromatic rings. The van der Waals surface area contributed by atoms with Gasteiger partial charge >= 0.3 is 35.5 Å². The van der Waals surface area contributed by atoms with Crippen molar-refractivity contribution in [2.45, 2.75) is 82.8 Å². The van der Waals surface area contributed by atoms with E-state index in [9.17, 15) is 27.9 Å². The monoisotopic (exact) mass is 445 g/mol. The molecule has 1 unspecified atom stereocenters. The van der Waals surface area contributed by atoms with E-state index in [-0.39, 0.29) is 48.6 Å². The predicted molar refractivity (Wildman–Crippen MR) is 101 cm³/mol. The Morgan fingerprint density at radius 1 is 1.00 bits per heavy atom. The number of hydrogen-bond donors (Lipinski definition) is 2. The number of carboxylic acid groups (broad SMARTS) is 1. The van der Waals surface area contributed by atoms with E-state index in [0.29, 0.717) is 6.42 Å². The van der Waals surface area contributed by atoms with Crippen molar-refractivity contribution in [3.05, 3.63) is 0 Å². The number of carbonyl (C=O) groups is 3. The van der Waals surface area contributed by atoms with Gasteiger partial charge in [0, 0.05) is 18.8 Å². The molecule has 0 aromatic heterocycles. The van der Waals surface area contributed by atoms with E-state index >= 15 is 0 Å². The van der Waals surface area contributed by atoms with E-state index in [4.69, 9.17) is 4.55 Å². The number of aliphatic carboxylic acids is 1. The van der Waals surface area contributed by atoms with E-state index < -0.39 is 33.7 Å². The van der Waals surface area contributed by atoms with Crippen LogP contribution < -0.4 is 40.0 Å². The third-order valence-corrected chi connectivity index (χ3v) is 5.23. The number of carbonyl (C=O) groups excluding carboxylic acids is 3. The molecule has 0 heterocycles. The predicted octanol–water partition coefficient (Wildman–Crippen LogP) is -2.03. The van der Waals surface area contributed by atoms with Crippen molar-refractivity contribution in [2.75, 3.05) is 13.2 Å². The van der Waals surface area contributed by atoms with Gasteiger partial charge < -0.3 is 20.0 Å². The molecule has 9 nitrogen and oxygen atoms in total. The summed E-state index contributed by atoms with van der Waals surface area (Å²) >= 11 is 0. The van der Waals surface area contributed by atoms with Gasteiger partial charge in [-0.1, -0.05) is 58.3 Å². The first-order valence-corrected chi connectivity index (χ1v) is 11.3. The molecule has 0 rings (SSSR count). The molecule has 29 heavy (non-hydrogen) atoms. The van der Waals surface area contributed by atoms with Crippen LogP contribution in [-0.4, -0.2) is 49.2 Å². The van der Waals surface area contributed by atoms with Crippen LogP contribution >= 0.6 is 0 Å². The Hall–Kier alpha value is -0.680. The van der Waals surface area contributed by atoms with Gasteiger partial charge in [-0.25, -0.2) is 0 Å². The van der Waals surface area contributed by atoms with Crippen LogP contribution in [-0.2, 0) is 29.2 Å². The van der Waals surface area contributed by atoms with E-state index in [1.54, 1.807) is 0 Å². The summed E-state index contributed by atoms with van der Waals surface area (Å²) < 4.78 is 35.5. The smallest absolute Gasteiger partial charge is 0.550 e. The van der Waals surface area contributed by atoms with Gasteiger partial charge in [0.15, 0.2) is 5.25 Å². The Morgan fingerprint density at radius 3 is 2.00 bits per heavy atom. The molecule has 0 fully saturated rings. The summed E-state index contributed by atoms with van der Waals surface area (Å²) in [6, 6.07) is 0. The first-order chi connectivity index (χ1) is 13.2. The summed E-state index contributed by atoms with van der Waals surface area (Å²) in [7, 11) is -4.92. The summed E-state index contributed by atoms with van der Waals surface area (Å²) in [5, 5.41) is 10.7. The maximum atomic E-state index is 11.7. The molecule has 0 aromatic carbocycles.